The average molecular weight is 260 g/mol. The predicted molar refractivity (Wildman–Crippen MR) is 68.1 cm³/mol. The Balaban J connectivity index is 2.57. The number of alkyl halides is 1. The van der Waals surface area contributed by atoms with Gasteiger partial charge in [-0.05, 0) is 24.6 Å². The number of likely N-dealkylation sites (N-methyl/N-ethyl adjacent to an activating group) is 1. The topological polar surface area (TPSA) is 20.3 Å². The van der Waals surface area contributed by atoms with Crippen LogP contribution in [0.5, 0.6) is 0 Å². The van der Waals surface area contributed by atoms with Gasteiger partial charge >= 0.3 is 0 Å². The van der Waals surface area contributed by atoms with Crippen molar-refractivity contribution >= 4 is 29.1 Å². The summed E-state index contributed by atoms with van der Waals surface area (Å²) >= 11 is 11.7. The van der Waals surface area contributed by atoms with Gasteiger partial charge in [0.1, 0.15) is 0 Å². The van der Waals surface area contributed by atoms with Crippen LogP contribution in [0.25, 0.3) is 0 Å². The molecule has 2 nitrogen and oxygen atoms in total. The first-order chi connectivity index (χ1) is 7.49. The molecule has 1 atom stereocenters. The fourth-order valence-corrected chi connectivity index (χ4v) is 1.86. The first-order valence-electron chi connectivity index (χ1n) is 5.11. The van der Waals surface area contributed by atoms with Crippen LogP contribution in [0.4, 0.5) is 0 Å². The molecule has 0 aromatic heterocycles. The third-order valence-electron chi connectivity index (χ3n) is 2.20. The molecule has 0 spiro atoms. The third kappa shape index (κ3) is 4.42. The average Bonchev–Trinajstić information content (AvgIpc) is 2.16. The van der Waals surface area contributed by atoms with Gasteiger partial charge in [-0.1, -0.05) is 23.7 Å². The van der Waals surface area contributed by atoms with Gasteiger partial charge < -0.3 is 4.90 Å². The largest absolute Gasteiger partial charge is 0.344 e. The van der Waals surface area contributed by atoms with E-state index in [1.165, 1.54) is 0 Å². The first kappa shape index (κ1) is 13.3. The number of nitrogens with zero attached hydrogens (tertiary/aromatic N) is 1. The van der Waals surface area contributed by atoms with Gasteiger partial charge in [0.15, 0.2) is 0 Å². The summed E-state index contributed by atoms with van der Waals surface area (Å²) in [5, 5.41) is 0.618. The minimum atomic E-state index is -0.0340. The molecule has 0 bridgehead atoms. The number of hydrogen-bond donors (Lipinski definition) is 0. The normalized spacial score (nSPS) is 12.2. The molecule has 16 heavy (non-hydrogen) atoms. The lowest BCUT2D eigenvalue weighted by Gasteiger charge is -2.18. The van der Waals surface area contributed by atoms with Gasteiger partial charge in [0.25, 0.3) is 0 Å². The van der Waals surface area contributed by atoms with Crippen molar-refractivity contribution in [1.29, 1.82) is 0 Å². The standard InChI is InChI=1S/C12H15Cl2NO/c1-9(13)8-15(2)12(16)7-10-4-3-5-11(14)6-10/h3-6,9H,7-8H2,1-2H3. The Morgan fingerprint density at radius 1 is 1.50 bits per heavy atom. The second-order valence-electron chi connectivity index (χ2n) is 3.86. The van der Waals surface area contributed by atoms with Crippen LogP contribution in [0.3, 0.4) is 0 Å². The van der Waals surface area contributed by atoms with Crippen molar-refractivity contribution in [2.45, 2.75) is 18.7 Å². The number of rotatable bonds is 4. The summed E-state index contributed by atoms with van der Waals surface area (Å²) in [6, 6.07) is 7.33. The molecule has 1 amide bonds. The van der Waals surface area contributed by atoms with Gasteiger partial charge in [0, 0.05) is 24.0 Å². The van der Waals surface area contributed by atoms with Crippen molar-refractivity contribution in [3.8, 4) is 0 Å². The molecule has 0 aliphatic heterocycles. The Morgan fingerprint density at radius 3 is 2.75 bits per heavy atom. The molecule has 88 valence electrons. The third-order valence-corrected chi connectivity index (χ3v) is 2.57. The summed E-state index contributed by atoms with van der Waals surface area (Å²) in [4.78, 5) is 13.4. The molecule has 0 saturated heterocycles. The van der Waals surface area contributed by atoms with Crippen molar-refractivity contribution in [1.82, 2.24) is 4.90 Å². The van der Waals surface area contributed by atoms with E-state index in [1.807, 2.05) is 19.1 Å². The number of halogens is 2. The van der Waals surface area contributed by atoms with Crippen LogP contribution in [0.1, 0.15) is 12.5 Å². The van der Waals surface area contributed by atoms with E-state index in [0.717, 1.165) is 5.56 Å². The number of carbonyl (C=O) groups excluding carboxylic acids is 1. The molecule has 4 heteroatoms. The van der Waals surface area contributed by atoms with Gasteiger partial charge in [-0.15, -0.1) is 11.6 Å². The summed E-state index contributed by atoms with van der Waals surface area (Å²) in [6.45, 7) is 2.42. The number of amides is 1. The first-order valence-corrected chi connectivity index (χ1v) is 5.93. The van der Waals surface area contributed by atoms with E-state index in [4.69, 9.17) is 23.2 Å². The van der Waals surface area contributed by atoms with E-state index in [1.54, 1.807) is 24.1 Å². The Bertz CT molecular complexity index is 366. The molecule has 1 aromatic rings. The van der Waals surface area contributed by atoms with E-state index in [0.29, 0.717) is 18.0 Å². The van der Waals surface area contributed by atoms with Crippen molar-refractivity contribution in [3.63, 3.8) is 0 Å². The molecule has 0 aliphatic carbocycles. The van der Waals surface area contributed by atoms with Crippen molar-refractivity contribution < 1.29 is 4.79 Å². The number of hydrogen-bond acceptors (Lipinski definition) is 1. The highest BCUT2D eigenvalue weighted by Gasteiger charge is 2.11. The highest BCUT2D eigenvalue weighted by molar-refractivity contribution is 6.30. The lowest BCUT2D eigenvalue weighted by atomic mass is 10.1. The molecule has 0 heterocycles. The van der Waals surface area contributed by atoms with E-state index in [9.17, 15) is 4.79 Å². The summed E-state index contributed by atoms with van der Waals surface area (Å²) in [7, 11) is 1.76. The maximum Gasteiger partial charge on any atom is 0.226 e. The van der Waals surface area contributed by atoms with Gasteiger partial charge in [-0.25, -0.2) is 0 Å². The van der Waals surface area contributed by atoms with E-state index in [2.05, 4.69) is 0 Å². The van der Waals surface area contributed by atoms with Crippen molar-refractivity contribution in [3.05, 3.63) is 34.9 Å². The lowest BCUT2D eigenvalue weighted by Crippen LogP contribution is -2.32. The fourth-order valence-electron chi connectivity index (χ4n) is 1.44. The highest BCUT2D eigenvalue weighted by Crippen LogP contribution is 2.12. The molecule has 1 rings (SSSR count). The molecule has 0 radical (unpaired) electrons. The minimum absolute atomic E-state index is 0.0340. The summed E-state index contributed by atoms with van der Waals surface area (Å²) in [5.41, 5.74) is 0.923. The quantitative estimate of drug-likeness (QED) is 0.762. The Kier molecular flexibility index (Phi) is 5.10. The number of carbonyl (C=O) groups is 1. The monoisotopic (exact) mass is 259 g/mol. The molecule has 0 N–H and O–H groups in total. The molecular formula is C12H15Cl2NO. The van der Waals surface area contributed by atoms with Crippen LogP contribution in [0.2, 0.25) is 5.02 Å². The molecule has 0 aliphatic rings. The van der Waals surface area contributed by atoms with Gasteiger partial charge in [0.05, 0.1) is 6.42 Å². The van der Waals surface area contributed by atoms with Crippen LogP contribution >= 0.6 is 23.2 Å². The van der Waals surface area contributed by atoms with E-state index < -0.39 is 0 Å². The second kappa shape index (κ2) is 6.12. The maximum atomic E-state index is 11.8. The molecule has 0 saturated carbocycles. The van der Waals surface area contributed by atoms with Crippen molar-refractivity contribution in [2.75, 3.05) is 13.6 Å². The van der Waals surface area contributed by atoms with Crippen LogP contribution < -0.4 is 0 Å². The smallest absolute Gasteiger partial charge is 0.226 e. The van der Waals surface area contributed by atoms with Crippen LogP contribution in [0.15, 0.2) is 24.3 Å². The fraction of sp³-hybridized carbons (Fsp3) is 0.417. The highest BCUT2D eigenvalue weighted by atomic mass is 35.5. The van der Waals surface area contributed by atoms with E-state index in [-0.39, 0.29) is 11.3 Å². The summed E-state index contributed by atoms with van der Waals surface area (Å²) in [5.74, 6) is 0.0507. The zero-order valence-corrected chi connectivity index (χ0v) is 10.9. The maximum absolute atomic E-state index is 11.8. The van der Waals surface area contributed by atoms with Crippen LogP contribution in [-0.4, -0.2) is 29.8 Å². The molecular weight excluding hydrogens is 245 g/mol. The Hall–Kier alpha value is -0.730. The summed E-state index contributed by atoms with van der Waals surface area (Å²) < 4.78 is 0. The molecule has 1 unspecified atom stereocenters. The number of benzene rings is 1. The molecule has 1 aromatic carbocycles. The Labute approximate surface area is 106 Å². The van der Waals surface area contributed by atoms with Crippen LogP contribution in [0, 0.1) is 0 Å². The zero-order valence-electron chi connectivity index (χ0n) is 9.41. The lowest BCUT2D eigenvalue weighted by molar-refractivity contribution is -0.129. The second-order valence-corrected chi connectivity index (χ2v) is 5.04. The Morgan fingerprint density at radius 2 is 2.19 bits per heavy atom. The van der Waals surface area contributed by atoms with Gasteiger partial charge in [-0.3, -0.25) is 4.79 Å². The predicted octanol–water partition coefficient (Wildman–Crippen LogP) is 2.97. The molecule has 0 fully saturated rings. The van der Waals surface area contributed by atoms with Gasteiger partial charge in [0.2, 0.25) is 5.91 Å². The van der Waals surface area contributed by atoms with Gasteiger partial charge in [-0.2, -0.15) is 0 Å². The zero-order chi connectivity index (χ0) is 12.1. The minimum Gasteiger partial charge on any atom is -0.344 e. The SMILES string of the molecule is CC(Cl)CN(C)C(=O)Cc1cccc(Cl)c1. The van der Waals surface area contributed by atoms with Crippen molar-refractivity contribution in [2.24, 2.45) is 0 Å². The summed E-state index contributed by atoms with van der Waals surface area (Å²) in [6.07, 6.45) is 0.362. The van der Waals surface area contributed by atoms with E-state index >= 15 is 0 Å². The van der Waals surface area contributed by atoms with Crippen LogP contribution in [-0.2, 0) is 11.2 Å².